The van der Waals surface area contributed by atoms with Crippen molar-refractivity contribution < 1.29 is 34.8 Å². The molecule has 9 atom stereocenters. The molecule has 4 unspecified atom stereocenters. The van der Waals surface area contributed by atoms with Crippen molar-refractivity contribution in [1.82, 2.24) is 0 Å². The minimum Gasteiger partial charge on any atom is -0.393 e. The van der Waals surface area contributed by atoms with Crippen molar-refractivity contribution in [3.63, 3.8) is 0 Å². The lowest BCUT2D eigenvalue weighted by Crippen LogP contribution is -2.65. The van der Waals surface area contributed by atoms with E-state index < -0.39 is 56.8 Å². The van der Waals surface area contributed by atoms with Crippen LogP contribution >= 0.6 is 0 Å². The number of hydrogen-bond donors (Lipinski definition) is 4. The van der Waals surface area contributed by atoms with Crippen molar-refractivity contribution in [3.8, 4) is 0 Å². The molecule has 4 N–H and O–H groups in total. The second-order valence-corrected chi connectivity index (χ2v) is 14.2. The Labute approximate surface area is 220 Å². The van der Waals surface area contributed by atoms with Crippen LogP contribution < -0.4 is 0 Å². The highest BCUT2D eigenvalue weighted by Gasteiger charge is 2.74. The Morgan fingerprint density at radius 2 is 1.62 bits per heavy atom. The molecule has 0 spiro atoms. The van der Waals surface area contributed by atoms with Gasteiger partial charge in [0.05, 0.1) is 11.7 Å². The lowest BCUT2D eigenvalue weighted by Gasteiger charge is -2.64. The number of Topliss-reactive ketones (excluding diaryl/α,β-unsaturated/α-hetero) is 2. The molecule has 0 aliphatic heterocycles. The lowest BCUT2D eigenvalue weighted by atomic mass is 9.38. The summed E-state index contributed by atoms with van der Waals surface area (Å²) in [6.45, 7) is 14.0. The number of ketones is 3. The van der Waals surface area contributed by atoms with Crippen molar-refractivity contribution in [1.29, 1.82) is 0 Å². The molecule has 3 fully saturated rings. The number of carbonyl (C=O) groups is 3. The molecule has 4 aliphatic carbocycles. The van der Waals surface area contributed by atoms with Crippen molar-refractivity contribution in [2.24, 2.45) is 39.4 Å². The largest absolute Gasteiger partial charge is 0.393 e. The molecular weight excluding hydrogens is 472 g/mol. The maximum absolute atomic E-state index is 14.2. The van der Waals surface area contributed by atoms with Gasteiger partial charge in [-0.15, -0.1) is 0 Å². The highest BCUT2D eigenvalue weighted by Crippen LogP contribution is 2.74. The predicted octanol–water partition coefficient (Wildman–Crippen LogP) is 2.93. The molecule has 4 aliphatic rings. The van der Waals surface area contributed by atoms with Gasteiger partial charge in [0, 0.05) is 23.2 Å². The molecule has 0 radical (unpaired) electrons. The molecule has 0 saturated heterocycles. The minimum absolute atomic E-state index is 0.0141. The van der Waals surface area contributed by atoms with Crippen LogP contribution in [0.25, 0.3) is 0 Å². The van der Waals surface area contributed by atoms with E-state index in [1.54, 1.807) is 0 Å². The first kappa shape index (κ1) is 28.3. The van der Waals surface area contributed by atoms with Gasteiger partial charge in [0.15, 0.2) is 11.6 Å². The van der Waals surface area contributed by atoms with Crippen LogP contribution in [0.4, 0.5) is 0 Å². The lowest BCUT2D eigenvalue weighted by molar-refractivity contribution is -0.183. The average Bonchev–Trinajstić information content (AvgIpc) is 2.96. The summed E-state index contributed by atoms with van der Waals surface area (Å²) < 4.78 is 0. The second-order valence-electron chi connectivity index (χ2n) is 14.2. The number of rotatable bonds is 4. The van der Waals surface area contributed by atoms with Gasteiger partial charge in [0.1, 0.15) is 17.5 Å². The van der Waals surface area contributed by atoms with Crippen molar-refractivity contribution in [2.45, 2.75) is 104 Å². The van der Waals surface area contributed by atoms with Gasteiger partial charge in [-0.3, -0.25) is 14.4 Å². The first-order valence-electron chi connectivity index (χ1n) is 13.5. The maximum atomic E-state index is 14.2. The standard InChI is InChI=1S/C30H44O7/c1-25(2,36)12-11-21(33)30(8,37)23-19(32)14-27(5)20-10-9-16-17(13-18(31)24(35)26(16,3)4)29(20,7)22(34)15-28(23,27)6/h9,11-12,17-20,23,31-32,36-37H,10,13-15H2,1-8H3/b12-11+/t17?,18-,19+,20?,23?,27-,28+,29-,30?/m1/s1. The van der Waals surface area contributed by atoms with Gasteiger partial charge in [0.25, 0.3) is 0 Å². The molecule has 206 valence electrons. The summed E-state index contributed by atoms with van der Waals surface area (Å²) >= 11 is 0. The number of aliphatic hydroxyl groups is 4. The van der Waals surface area contributed by atoms with E-state index in [2.05, 4.69) is 13.0 Å². The van der Waals surface area contributed by atoms with Gasteiger partial charge >= 0.3 is 0 Å². The zero-order chi connectivity index (χ0) is 28.1. The van der Waals surface area contributed by atoms with Crippen LogP contribution in [0.1, 0.15) is 81.1 Å². The van der Waals surface area contributed by atoms with E-state index in [0.29, 0.717) is 12.8 Å². The summed E-state index contributed by atoms with van der Waals surface area (Å²) in [5.74, 6) is -2.24. The van der Waals surface area contributed by atoms with Gasteiger partial charge in [0.2, 0.25) is 0 Å². The molecule has 0 amide bonds. The first-order valence-corrected chi connectivity index (χ1v) is 13.5. The average molecular weight is 517 g/mol. The van der Waals surface area contributed by atoms with Gasteiger partial charge in [-0.1, -0.05) is 38.5 Å². The Morgan fingerprint density at radius 3 is 2.19 bits per heavy atom. The minimum atomic E-state index is -1.95. The van der Waals surface area contributed by atoms with Gasteiger partial charge in [-0.2, -0.15) is 0 Å². The molecule has 0 aromatic heterocycles. The third kappa shape index (κ3) is 3.71. The van der Waals surface area contributed by atoms with Crippen LogP contribution in [0.15, 0.2) is 23.8 Å². The number of aliphatic hydroxyl groups excluding tert-OH is 2. The van der Waals surface area contributed by atoms with Crippen molar-refractivity contribution in [2.75, 3.05) is 0 Å². The van der Waals surface area contributed by atoms with E-state index in [1.807, 2.05) is 27.7 Å². The molecule has 4 rings (SSSR count). The number of carbonyl (C=O) groups excluding carboxylic acids is 3. The normalized spacial score (nSPS) is 45.1. The summed E-state index contributed by atoms with van der Waals surface area (Å²) in [6, 6.07) is 0. The Kier molecular flexibility index (Phi) is 6.26. The zero-order valence-electron chi connectivity index (χ0n) is 23.5. The van der Waals surface area contributed by atoms with Gasteiger partial charge in [-0.25, -0.2) is 0 Å². The molecule has 7 heteroatoms. The molecule has 0 heterocycles. The van der Waals surface area contributed by atoms with Crippen LogP contribution in [0.2, 0.25) is 0 Å². The Morgan fingerprint density at radius 1 is 1.03 bits per heavy atom. The summed E-state index contributed by atoms with van der Waals surface area (Å²) in [7, 11) is 0. The Hall–Kier alpha value is -1.67. The smallest absolute Gasteiger partial charge is 0.187 e. The first-order chi connectivity index (χ1) is 16.7. The molecule has 0 aromatic carbocycles. The maximum Gasteiger partial charge on any atom is 0.187 e. The molecule has 3 saturated carbocycles. The molecule has 0 bridgehead atoms. The Balaban J connectivity index is 1.80. The molecule has 37 heavy (non-hydrogen) atoms. The van der Waals surface area contributed by atoms with Crippen molar-refractivity contribution in [3.05, 3.63) is 23.8 Å². The van der Waals surface area contributed by atoms with Crippen LogP contribution in [-0.4, -0.2) is 61.2 Å². The van der Waals surface area contributed by atoms with Crippen LogP contribution in [-0.2, 0) is 14.4 Å². The molecule has 0 aromatic rings. The SMILES string of the molecule is CC(C)(O)/C=C/C(=O)C(C)(O)C1[C@@H](O)C[C@]2(C)C3CC=C4C(C[C@@H](O)C(=O)C4(C)C)[C@@]3(C)C(=O)C[C@@]12C. The van der Waals surface area contributed by atoms with E-state index >= 15 is 0 Å². The quantitative estimate of drug-likeness (QED) is 0.334. The molecule has 7 nitrogen and oxygen atoms in total. The third-order valence-electron chi connectivity index (χ3n) is 11.1. The topological polar surface area (TPSA) is 132 Å². The van der Waals surface area contributed by atoms with E-state index in [0.717, 1.165) is 5.57 Å². The van der Waals surface area contributed by atoms with Gasteiger partial charge < -0.3 is 20.4 Å². The van der Waals surface area contributed by atoms with Crippen LogP contribution in [0.3, 0.4) is 0 Å². The fraction of sp³-hybridized carbons (Fsp3) is 0.767. The second kappa shape index (κ2) is 8.17. The summed E-state index contributed by atoms with van der Waals surface area (Å²) in [5.41, 5.74) is -5.46. The summed E-state index contributed by atoms with van der Waals surface area (Å²) in [4.78, 5) is 40.2. The van der Waals surface area contributed by atoms with E-state index in [9.17, 15) is 34.8 Å². The number of hydrogen-bond acceptors (Lipinski definition) is 7. The number of fused-ring (bicyclic) bond motifs is 5. The zero-order valence-corrected chi connectivity index (χ0v) is 23.5. The Bertz CT molecular complexity index is 1090. The van der Waals surface area contributed by atoms with Crippen molar-refractivity contribution >= 4 is 17.3 Å². The van der Waals surface area contributed by atoms with E-state index in [1.165, 1.54) is 32.9 Å². The predicted molar refractivity (Wildman–Crippen MR) is 138 cm³/mol. The van der Waals surface area contributed by atoms with E-state index in [-0.39, 0.29) is 36.2 Å². The highest BCUT2D eigenvalue weighted by atomic mass is 16.3. The monoisotopic (exact) mass is 516 g/mol. The highest BCUT2D eigenvalue weighted by molar-refractivity contribution is 5.98. The van der Waals surface area contributed by atoms with Gasteiger partial charge in [-0.05, 0) is 82.6 Å². The fourth-order valence-corrected chi connectivity index (χ4v) is 9.00. The van der Waals surface area contributed by atoms with E-state index in [4.69, 9.17) is 0 Å². The third-order valence-corrected chi connectivity index (χ3v) is 11.1. The fourth-order valence-electron chi connectivity index (χ4n) is 9.00. The molecular formula is C30H44O7. The summed E-state index contributed by atoms with van der Waals surface area (Å²) in [5, 5.41) is 43.7. The van der Waals surface area contributed by atoms with Crippen LogP contribution in [0, 0.1) is 39.4 Å². The van der Waals surface area contributed by atoms with Crippen LogP contribution in [0.5, 0.6) is 0 Å². The summed E-state index contributed by atoms with van der Waals surface area (Å²) in [6.07, 6.45) is 3.54. The number of allylic oxidation sites excluding steroid dienone is 2.